The first kappa shape index (κ1) is 26.2. The monoisotopic (exact) mass is 593 g/mol. The molecule has 1 aromatic heterocycles. The van der Waals surface area contributed by atoms with Crippen LogP contribution in [0.1, 0.15) is 25.0 Å². The molecule has 8 aromatic rings. The van der Waals surface area contributed by atoms with Crippen molar-refractivity contribution in [3.05, 3.63) is 163 Å². The molecule has 7 aromatic carbocycles. The van der Waals surface area contributed by atoms with Gasteiger partial charge in [-0.05, 0) is 57.5 Å². The first-order valence-electron chi connectivity index (χ1n) is 15.6. The van der Waals surface area contributed by atoms with Crippen molar-refractivity contribution in [1.82, 2.24) is 0 Å². The number of thiophene rings is 1. The van der Waals surface area contributed by atoms with E-state index in [1.165, 1.54) is 81.4 Å². The van der Waals surface area contributed by atoms with E-state index in [2.05, 4.69) is 170 Å². The maximum Gasteiger partial charge on any atom is 0.0640 e. The lowest BCUT2D eigenvalue weighted by Gasteiger charge is -2.30. The number of benzene rings is 7. The normalized spacial score (nSPS) is 13.3. The van der Waals surface area contributed by atoms with Gasteiger partial charge in [0.25, 0.3) is 0 Å². The van der Waals surface area contributed by atoms with Crippen LogP contribution >= 0.6 is 11.3 Å². The third kappa shape index (κ3) is 3.86. The number of hydrogen-bond acceptors (Lipinski definition) is 2. The van der Waals surface area contributed by atoms with E-state index in [4.69, 9.17) is 0 Å². The summed E-state index contributed by atoms with van der Waals surface area (Å²) in [6.07, 6.45) is 0. The average molecular weight is 594 g/mol. The van der Waals surface area contributed by atoms with Crippen LogP contribution in [0.2, 0.25) is 0 Å². The molecule has 0 N–H and O–H groups in total. The van der Waals surface area contributed by atoms with E-state index < -0.39 is 0 Å². The quantitative estimate of drug-likeness (QED) is 0.196. The summed E-state index contributed by atoms with van der Waals surface area (Å²) in [5.41, 5.74) is 11.5. The summed E-state index contributed by atoms with van der Waals surface area (Å²) in [6, 6.07) is 55.8. The van der Waals surface area contributed by atoms with Gasteiger partial charge in [-0.25, -0.2) is 0 Å². The fraction of sp³-hybridized carbons (Fsp3) is 0.0698. The van der Waals surface area contributed by atoms with Gasteiger partial charge < -0.3 is 4.90 Å². The lowest BCUT2D eigenvalue weighted by atomic mass is 9.82. The molecule has 0 aliphatic heterocycles. The van der Waals surface area contributed by atoms with Crippen molar-refractivity contribution in [3.63, 3.8) is 0 Å². The number of hydrogen-bond donors (Lipinski definition) is 0. The Morgan fingerprint density at radius 1 is 0.444 bits per heavy atom. The number of fused-ring (bicyclic) bond motifs is 7. The van der Waals surface area contributed by atoms with Crippen LogP contribution in [0.3, 0.4) is 0 Å². The van der Waals surface area contributed by atoms with Gasteiger partial charge in [0.15, 0.2) is 0 Å². The maximum atomic E-state index is 2.51. The second-order valence-corrected chi connectivity index (χ2v) is 13.6. The minimum atomic E-state index is -0.0606. The Kier molecular flexibility index (Phi) is 5.78. The van der Waals surface area contributed by atoms with Gasteiger partial charge in [0, 0.05) is 31.8 Å². The van der Waals surface area contributed by atoms with Crippen molar-refractivity contribution in [1.29, 1.82) is 0 Å². The second-order valence-electron chi connectivity index (χ2n) is 12.5. The molecule has 2 heteroatoms. The largest absolute Gasteiger partial charge is 0.308 e. The van der Waals surface area contributed by atoms with E-state index in [9.17, 15) is 0 Å². The molecule has 0 atom stereocenters. The van der Waals surface area contributed by atoms with Crippen molar-refractivity contribution < 1.29 is 0 Å². The van der Waals surface area contributed by atoms with Gasteiger partial charge in [-0.1, -0.05) is 141 Å². The predicted octanol–water partition coefficient (Wildman–Crippen LogP) is 12.7. The molecule has 1 aliphatic carbocycles. The first-order chi connectivity index (χ1) is 22.1. The minimum absolute atomic E-state index is 0.0606. The average Bonchev–Trinajstić information content (AvgIpc) is 3.58. The van der Waals surface area contributed by atoms with Gasteiger partial charge in [-0.15, -0.1) is 11.3 Å². The van der Waals surface area contributed by atoms with Gasteiger partial charge in [-0.2, -0.15) is 0 Å². The highest BCUT2D eigenvalue weighted by molar-refractivity contribution is 7.26. The fourth-order valence-corrected chi connectivity index (χ4v) is 8.78. The minimum Gasteiger partial charge on any atom is -0.308 e. The second kappa shape index (κ2) is 9.92. The summed E-state index contributed by atoms with van der Waals surface area (Å²) in [6.45, 7) is 4.72. The Morgan fingerprint density at radius 3 is 1.93 bits per heavy atom. The van der Waals surface area contributed by atoms with E-state index in [-0.39, 0.29) is 5.41 Å². The van der Waals surface area contributed by atoms with Crippen molar-refractivity contribution >= 4 is 59.3 Å². The zero-order chi connectivity index (χ0) is 30.1. The molecule has 0 radical (unpaired) electrons. The van der Waals surface area contributed by atoms with Gasteiger partial charge in [0.05, 0.1) is 21.8 Å². The first-order valence-corrected chi connectivity index (χ1v) is 16.4. The third-order valence-corrected chi connectivity index (χ3v) is 10.9. The molecule has 0 unspecified atom stereocenters. The molecule has 45 heavy (non-hydrogen) atoms. The van der Waals surface area contributed by atoms with Crippen LogP contribution in [0, 0.1) is 0 Å². The molecule has 0 fully saturated rings. The summed E-state index contributed by atoms with van der Waals surface area (Å²) in [5.74, 6) is 0. The van der Waals surface area contributed by atoms with Gasteiger partial charge in [0.1, 0.15) is 0 Å². The van der Waals surface area contributed by atoms with Crippen LogP contribution in [0.5, 0.6) is 0 Å². The Hall–Kier alpha value is -5.18. The smallest absolute Gasteiger partial charge is 0.0640 e. The number of nitrogens with zero attached hydrogens (tertiary/aromatic N) is 1. The summed E-state index contributed by atoms with van der Waals surface area (Å²) < 4.78 is 2.61. The molecule has 1 nitrogen and oxygen atoms in total. The molecule has 1 heterocycles. The molecule has 0 saturated heterocycles. The molecule has 9 rings (SSSR count). The lowest BCUT2D eigenvalue weighted by molar-refractivity contribution is 0.660. The standard InChI is InChI=1S/C43H31NS/c1-43(2)35-22-8-5-19-34(35)41-32(20-12-23-36(41)43)30-17-6-9-24-38(30)44(37-25-11-15-28-14-3-4-16-29(28)37)39-26-13-21-33-31-18-7-10-27-40(31)45-42(33)39/h3-27H,1-2H3. The number of anilines is 3. The molecular weight excluding hydrogens is 563 g/mol. The molecule has 1 aliphatic rings. The topological polar surface area (TPSA) is 3.24 Å². The Balaban J connectivity index is 1.38. The summed E-state index contributed by atoms with van der Waals surface area (Å²) in [7, 11) is 0. The van der Waals surface area contributed by atoms with Crippen LogP contribution < -0.4 is 4.90 Å². The molecule has 0 amide bonds. The van der Waals surface area contributed by atoms with E-state index in [0.29, 0.717) is 0 Å². The Labute approximate surface area is 267 Å². The van der Waals surface area contributed by atoms with Crippen molar-refractivity contribution in [2.45, 2.75) is 19.3 Å². The predicted molar refractivity (Wildman–Crippen MR) is 195 cm³/mol. The number of para-hydroxylation sites is 1. The van der Waals surface area contributed by atoms with Crippen LogP contribution in [0.15, 0.2) is 152 Å². The maximum absolute atomic E-state index is 2.51. The highest BCUT2D eigenvalue weighted by Gasteiger charge is 2.37. The van der Waals surface area contributed by atoms with Crippen LogP contribution in [0.25, 0.3) is 53.2 Å². The molecule has 0 spiro atoms. The van der Waals surface area contributed by atoms with Crippen molar-refractivity contribution in [3.8, 4) is 22.3 Å². The van der Waals surface area contributed by atoms with E-state index in [1.807, 2.05) is 11.3 Å². The Morgan fingerprint density at radius 2 is 1.02 bits per heavy atom. The zero-order valence-corrected chi connectivity index (χ0v) is 26.1. The molecule has 0 bridgehead atoms. The van der Waals surface area contributed by atoms with Gasteiger partial charge >= 0.3 is 0 Å². The molecule has 214 valence electrons. The number of rotatable bonds is 4. The van der Waals surface area contributed by atoms with Crippen LogP contribution in [-0.2, 0) is 5.41 Å². The van der Waals surface area contributed by atoms with Crippen LogP contribution in [-0.4, -0.2) is 0 Å². The van der Waals surface area contributed by atoms with E-state index >= 15 is 0 Å². The van der Waals surface area contributed by atoms with Gasteiger partial charge in [0.2, 0.25) is 0 Å². The highest BCUT2D eigenvalue weighted by atomic mass is 32.1. The van der Waals surface area contributed by atoms with Crippen molar-refractivity contribution in [2.24, 2.45) is 0 Å². The molecule has 0 saturated carbocycles. The summed E-state index contributed by atoms with van der Waals surface area (Å²) >= 11 is 1.88. The zero-order valence-electron chi connectivity index (χ0n) is 25.3. The SMILES string of the molecule is CC1(C)c2ccccc2-c2c(-c3ccccc3N(c3cccc4ccccc34)c3cccc4c3sc3ccccc34)cccc21. The van der Waals surface area contributed by atoms with E-state index in [0.717, 1.165) is 0 Å². The van der Waals surface area contributed by atoms with Crippen LogP contribution in [0.4, 0.5) is 17.1 Å². The molecular formula is C43H31NS. The Bertz CT molecular complexity index is 2420. The van der Waals surface area contributed by atoms with E-state index in [1.54, 1.807) is 0 Å². The fourth-order valence-electron chi connectivity index (χ4n) is 7.58. The lowest BCUT2D eigenvalue weighted by Crippen LogP contribution is -2.15. The van der Waals surface area contributed by atoms with Gasteiger partial charge in [-0.3, -0.25) is 0 Å². The third-order valence-electron chi connectivity index (χ3n) is 9.67. The summed E-state index contributed by atoms with van der Waals surface area (Å²) in [4.78, 5) is 2.51. The highest BCUT2D eigenvalue weighted by Crippen LogP contribution is 2.54. The summed E-state index contributed by atoms with van der Waals surface area (Å²) in [5, 5.41) is 5.08. The van der Waals surface area contributed by atoms with Crippen molar-refractivity contribution in [2.75, 3.05) is 4.90 Å².